The third-order valence-corrected chi connectivity index (χ3v) is 3.99. The molecule has 0 bridgehead atoms. The van der Waals surface area contributed by atoms with Crippen LogP contribution in [-0.4, -0.2) is 19.6 Å². The van der Waals surface area contributed by atoms with Crippen molar-refractivity contribution in [2.24, 2.45) is 0 Å². The quantitative estimate of drug-likeness (QED) is 0.645. The van der Waals surface area contributed by atoms with Gasteiger partial charge in [-0.3, -0.25) is 0 Å². The monoisotopic (exact) mass is 261 g/mol. The summed E-state index contributed by atoms with van der Waals surface area (Å²) < 4.78 is 1.98. The van der Waals surface area contributed by atoms with E-state index in [0.717, 1.165) is 10.2 Å². The summed E-state index contributed by atoms with van der Waals surface area (Å²) >= 11 is 0.114. The van der Waals surface area contributed by atoms with E-state index in [1.165, 1.54) is 4.46 Å². The molecule has 2 heteroatoms. The summed E-state index contributed by atoms with van der Waals surface area (Å²) in [5, 5.41) is 7.99. The third-order valence-electron chi connectivity index (χ3n) is 2.00. The predicted octanol–water partition coefficient (Wildman–Crippen LogP) is 2.04. The Morgan fingerprint density at radius 2 is 1.33 bits per heavy atom. The molecular formula is C13H11NSe. The van der Waals surface area contributed by atoms with Crippen molar-refractivity contribution in [1.29, 1.82) is 5.41 Å². The Bertz CT molecular complexity index is 437. The van der Waals surface area contributed by atoms with Crippen molar-refractivity contribution in [3.63, 3.8) is 0 Å². The molecule has 0 atom stereocenters. The van der Waals surface area contributed by atoms with E-state index in [-0.39, 0.29) is 15.0 Å². The van der Waals surface area contributed by atoms with Crippen molar-refractivity contribution in [2.45, 2.75) is 0 Å². The maximum atomic E-state index is 7.99. The van der Waals surface area contributed by atoms with Gasteiger partial charge in [0.05, 0.1) is 0 Å². The van der Waals surface area contributed by atoms with Gasteiger partial charge in [-0.2, -0.15) is 0 Å². The minimum atomic E-state index is 0.114. The van der Waals surface area contributed by atoms with Gasteiger partial charge in [0.15, 0.2) is 0 Å². The number of benzene rings is 2. The molecule has 0 amide bonds. The van der Waals surface area contributed by atoms with Crippen LogP contribution >= 0.6 is 0 Å². The van der Waals surface area contributed by atoms with Gasteiger partial charge < -0.3 is 0 Å². The Morgan fingerprint density at radius 3 is 1.93 bits per heavy atom. The number of hydrogen-bond acceptors (Lipinski definition) is 1. The van der Waals surface area contributed by atoms with Crippen LogP contribution in [0.2, 0.25) is 0 Å². The van der Waals surface area contributed by atoms with Crippen LogP contribution in [0.4, 0.5) is 0 Å². The second kappa shape index (κ2) is 4.92. The summed E-state index contributed by atoms with van der Waals surface area (Å²) in [7, 11) is 0. The summed E-state index contributed by atoms with van der Waals surface area (Å²) in [6.45, 7) is 0. The molecule has 1 N–H and O–H groups in total. The molecule has 2 rings (SSSR count). The van der Waals surface area contributed by atoms with E-state index in [9.17, 15) is 0 Å². The van der Waals surface area contributed by atoms with Crippen molar-refractivity contribution < 1.29 is 0 Å². The van der Waals surface area contributed by atoms with E-state index in [4.69, 9.17) is 5.41 Å². The Labute approximate surface area is 95.8 Å². The molecular weight excluding hydrogens is 249 g/mol. The number of rotatable bonds is 3. The summed E-state index contributed by atoms with van der Waals surface area (Å²) in [6, 6.07) is 20.1. The van der Waals surface area contributed by atoms with Crippen molar-refractivity contribution in [1.82, 2.24) is 0 Å². The van der Waals surface area contributed by atoms with Gasteiger partial charge in [-0.15, -0.1) is 0 Å². The number of hydrogen-bond donors (Lipinski definition) is 1. The first-order valence-electron chi connectivity index (χ1n) is 4.73. The van der Waals surface area contributed by atoms with Gasteiger partial charge in [-0.25, -0.2) is 0 Å². The van der Waals surface area contributed by atoms with E-state index in [2.05, 4.69) is 12.1 Å². The molecule has 0 heterocycles. The van der Waals surface area contributed by atoms with Crippen LogP contribution in [-0.2, 0) is 0 Å². The van der Waals surface area contributed by atoms with Gasteiger partial charge in [0.25, 0.3) is 0 Å². The first kappa shape index (κ1) is 10.2. The Balaban J connectivity index is 2.12. The average Bonchev–Trinajstić information content (AvgIpc) is 2.31. The molecule has 0 aliphatic heterocycles. The molecule has 0 aromatic heterocycles. The second-order valence-corrected chi connectivity index (χ2v) is 5.38. The predicted molar refractivity (Wildman–Crippen MR) is 65.1 cm³/mol. The van der Waals surface area contributed by atoms with Gasteiger partial charge >= 0.3 is 95.7 Å². The van der Waals surface area contributed by atoms with Crippen LogP contribution in [0.3, 0.4) is 0 Å². The van der Waals surface area contributed by atoms with Crippen LogP contribution in [0, 0.1) is 5.41 Å². The van der Waals surface area contributed by atoms with E-state index in [0.29, 0.717) is 0 Å². The molecule has 0 aliphatic rings. The van der Waals surface area contributed by atoms with Crippen LogP contribution in [0.15, 0.2) is 60.7 Å². The SMILES string of the molecule is N=C([Se]c1ccccc1)c1ccccc1. The van der Waals surface area contributed by atoms with Gasteiger partial charge in [0.1, 0.15) is 0 Å². The van der Waals surface area contributed by atoms with Crippen molar-refractivity contribution in [3.05, 3.63) is 66.2 Å². The van der Waals surface area contributed by atoms with Gasteiger partial charge in [-0.1, -0.05) is 0 Å². The maximum absolute atomic E-state index is 7.99. The van der Waals surface area contributed by atoms with E-state index < -0.39 is 0 Å². The van der Waals surface area contributed by atoms with Crippen LogP contribution in [0.1, 0.15) is 5.56 Å². The minimum absolute atomic E-state index is 0.114. The topological polar surface area (TPSA) is 23.9 Å². The van der Waals surface area contributed by atoms with E-state index in [1.54, 1.807) is 0 Å². The Hall–Kier alpha value is -1.37. The molecule has 0 unspecified atom stereocenters. The van der Waals surface area contributed by atoms with Gasteiger partial charge in [0, 0.05) is 0 Å². The van der Waals surface area contributed by atoms with E-state index in [1.807, 2.05) is 48.5 Å². The third kappa shape index (κ3) is 2.79. The fourth-order valence-electron chi connectivity index (χ4n) is 1.25. The zero-order valence-electron chi connectivity index (χ0n) is 8.18. The fraction of sp³-hybridized carbons (Fsp3) is 0. The van der Waals surface area contributed by atoms with Crippen LogP contribution in [0.5, 0.6) is 0 Å². The Morgan fingerprint density at radius 1 is 0.800 bits per heavy atom. The average molecular weight is 260 g/mol. The fourth-order valence-corrected chi connectivity index (χ4v) is 2.90. The standard InChI is InChI=1S/C13H11NSe/c14-13(11-7-3-1-4-8-11)15-12-9-5-2-6-10-12/h1-10,14H. The van der Waals surface area contributed by atoms with Crippen LogP contribution in [0.25, 0.3) is 0 Å². The van der Waals surface area contributed by atoms with Crippen molar-refractivity contribution >= 4 is 24.0 Å². The molecule has 2 aromatic carbocycles. The van der Waals surface area contributed by atoms with Crippen LogP contribution < -0.4 is 4.46 Å². The summed E-state index contributed by atoms with van der Waals surface area (Å²) in [5.74, 6) is 0. The molecule has 0 fully saturated rings. The molecule has 1 nitrogen and oxygen atoms in total. The summed E-state index contributed by atoms with van der Waals surface area (Å²) in [4.78, 5) is 0. The van der Waals surface area contributed by atoms with Crippen molar-refractivity contribution in [3.8, 4) is 0 Å². The molecule has 0 saturated heterocycles. The van der Waals surface area contributed by atoms with E-state index >= 15 is 0 Å². The summed E-state index contributed by atoms with van der Waals surface area (Å²) in [6.07, 6.45) is 0. The molecule has 15 heavy (non-hydrogen) atoms. The molecule has 2 aromatic rings. The molecule has 0 saturated carbocycles. The molecule has 0 radical (unpaired) electrons. The molecule has 74 valence electrons. The zero-order chi connectivity index (χ0) is 10.5. The second-order valence-electron chi connectivity index (χ2n) is 3.11. The first-order chi connectivity index (χ1) is 7.36. The summed E-state index contributed by atoms with van der Waals surface area (Å²) in [5.41, 5.74) is 1.03. The first-order valence-corrected chi connectivity index (χ1v) is 6.44. The number of nitrogens with one attached hydrogen (secondary N) is 1. The molecule has 0 aliphatic carbocycles. The van der Waals surface area contributed by atoms with Gasteiger partial charge in [0.2, 0.25) is 0 Å². The Kier molecular flexibility index (Phi) is 3.33. The normalized spacial score (nSPS) is 9.87. The van der Waals surface area contributed by atoms with Gasteiger partial charge in [-0.05, 0) is 0 Å². The zero-order valence-corrected chi connectivity index (χ0v) is 9.89. The molecule has 0 spiro atoms. The van der Waals surface area contributed by atoms with Crippen molar-refractivity contribution in [2.75, 3.05) is 0 Å².